The standard InChI is InChI=1S/C53H85N7O11.C20H28N2O5/c1-14-36(9)49(43(15-2)70-13)58(11)51(67)40(33(3)4)31-42(62)48(35(7)8)59(12)53(69)71-32-37-22-24-39(25-23-37)56-50(66)38(20-19-28-55-52(54)68)30-41(61)47(34(5)6)57(10)44(63)21-17-16-18-29-60-45(64)26-27-46(60)65;1-13(18(27-3)17-10-7-11-22(17)14(2)23)19(24)21-16(20(25)26)12-15-8-5-4-6-9-15/h22-27,33-36,38,40,43,47-49H,14-21,28-32H2,1-13H3,(H,56,66)(H3,54,55,68);4-6,8-9,13,16-18H,7,10-12H2,1-3H3,(H,21,24)(H,25,26)/t36-,38+,40-,43+,47-,48-,49-;13-,16+,17+,18-/m01/s1. The van der Waals surface area contributed by atoms with Crippen LogP contribution in [0.15, 0.2) is 66.7 Å². The van der Waals surface area contributed by atoms with E-state index in [2.05, 4.69) is 29.8 Å². The number of Topliss-reactive ketones (excluding diaryl/α,β-unsaturated/α-hetero) is 2. The van der Waals surface area contributed by atoms with Crippen molar-refractivity contribution < 1.29 is 76.9 Å². The Morgan fingerprint density at radius 2 is 1.31 bits per heavy atom. The summed E-state index contributed by atoms with van der Waals surface area (Å²) in [5, 5.41) is 17.5. The number of unbranched alkanes of at least 4 members (excludes halogenated alkanes) is 2. The maximum Gasteiger partial charge on any atom is 0.410 e. The molecule has 2 aromatic rings. The number of carboxylic acid groups (broad SMARTS) is 1. The van der Waals surface area contributed by atoms with Gasteiger partial charge in [-0.3, -0.25) is 48.1 Å². The molecule has 25 heteroatoms. The molecule has 4 rings (SSSR count). The fourth-order valence-corrected chi connectivity index (χ4v) is 13.2. The van der Waals surface area contributed by atoms with Gasteiger partial charge < -0.3 is 60.6 Å². The van der Waals surface area contributed by atoms with Gasteiger partial charge in [-0.15, -0.1) is 0 Å². The van der Waals surface area contributed by atoms with Gasteiger partial charge in [0.1, 0.15) is 12.6 Å². The number of hydrogen-bond donors (Lipinski definition) is 5. The van der Waals surface area contributed by atoms with Gasteiger partial charge in [0, 0.05) is 117 Å². The SMILES string of the molecule is CC[C@H](C)[C@@H]([C@@H](CC)OC)N(C)C(=O)[C@@H](CC(=O)[C@H](C(C)C)N(C)C(=O)OCc1ccc(NC(=O)[C@H](CCCNC(N)=O)CC(=O)[C@H](C(C)C)N(C)C(=O)CCCCCN2C(=O)C=CC2=O)cc1)C(C)C.CO[C@H]([C@@H](C)C(=O)N[C@@H](Cc1ccccc1)C(=O)O)[C@@H]1CCCN1C(C)=O. The lowest BCUT2D eigenvalue weighted by atomic mass is 9.83. The number of nitrogens with two attached hydrogens (primary N) is 1. The first-order valence-corrected chi connectivity index (χ1v) is 34.6. The normalized spacial score (nSPS) is 16.7. The summed E-state index contributed by atoms with van der Waals surface area (Å²) in [6.45, 7) is 21.6. The smallest absolute Gasteiger partial charge is 0.410 e. The van der Waals surface area contributed by atoms with Crippen LogP contribution in [0, 0.1) is 41.4 Å². The minimum atomic E-state index is -1.08. The number of aliphatic carboxylic acids is 1. The number of rotatable bonds is 40. The van der Waals surface area contributed by atoms with Crippen LogP contribution in [0.4, 0.5) is 15.3 Å². The fraction of sp³-hybridized carbons (Fsp3) is 0.644. The highest BCUT2D eigenvalue weighted by Crippen LogP contribution is 2.30. The van der Waals surface area contributed by atoms with Crippen molar-refractivity contribution in [2.75, 3.05) is 60.3 Å². The van der Waals surface area contributed by atoms with Crippen molar-refractivity contribution in [1.82, 2.24) is 35.1 Å². The Hall–Kier alpha value is -8.06. The Labute approximate surface area is 580 Å². The molecule has 11 atom stereocenters. The number of nitrogens with zero attached hydrogens (tertiary/aromatic N) is 5. The number of hydrogen-bond acceptors (Lipinski definition) is 15. The monoisotopic (exact) mass is 1370 g/mol. The number of carbonyl (C=O) groups is 12. The summed E-state index contributed by atoms with van der Waals surface area (Å²) in [6.07, 6.45) is 6.69. The molecule has 6 N–H and O–H groups in total. The van der Waals surface area contributed by atoms with E-state index in [-0.39, 0.29) is 141 Å². The van der Waals surface area contributed by atoms with Crippen LogP contribution in [0.5, 0.6) is 0 Å². The molecule has 0 radical (unpaired) electrons. The second-order valence-corrected chi connectivity index (χ2v) is 27.0. The second-order valence-electron chi connectivity index (χ2n) is 27.0. The highest BCUT2D eigenvalue weighted by atomic mass is 16.6. The first-order valence-electron chi connectivity index (χ1n) is 34.6. The Morgan fingerprint density at radius 3 is 1.84 bits per heavy atom. The molecule has 98 heavy (non-hydrogen) atoms. The lowest BCUT2D eigenvalue weighted by molar-refractivity contribution is -0.145. The van der Waals surface area contributed by atoms with Crippen molar-refractivity contribution in [3.8, 4) is 0 Å². The van der Waals surface area contributed by atoms with E-state index >= 15 is 0 Å². The summed E-state index contributed by atoms with van der Waals surface area (Å²) in [5.74, 6) is -6.09. The van der Waals surface area contributed by atoms with Crippen molar-refractivity contribution in [3.05, 3.63) is 77.9 Å². The molecule has 2 aromatic carbocycles. The van der Waals surface area contributed by atoms with Gasteiger partial charge in [0.25, 0.3) is 11.8 Å². The molecule has 25 nitrogen and oxygen atoms in total. The highest BCUT2D eigenvalue weighted by Gasteiger charge is 2.42. The first-order chi connectivity index (χ1) is 46.3. The molecule has 10 amide bonds. The third-order valence-electron chi connectivity index (χ3n) is 18.9. The van der Waals surface area contributed by atoms with Gasteiger partial charge in [-0.2, -0.15) is 0 Å². The van der Waals surface area contributed by atoms with Gasteiger partial charge in [0.05, 0.1) is 42.3 Å². The Balaban J connectivity index is 0.000000765. The van der Waals surface area contributed by atoms with E-state index in [1.165, 1.54) is 43.0 Å². The van der Waals surface area contributed by atoms with Crippen molar-refractivity contribution in [2.45, 2.75) is 209 Å². The van der Waals surface area contributed by atoms with E-state index in [4.69, 9.17) is 19.9 Å². The van der Waals surface area contributed by atoms with Crippen molar-refractivity contribution in [1.29, 1.82) is 0 Å². The van der Waals surface area contributed by atoms with Gasteiger partial charge in [-0.25, -0.2) is 14.4 Å². The third-order valence-corrected chi connectivity index (χ3v) is 18.9. The summed E-state index contributed by atoms with van der Waals surface area (Å²) < 4.78 is 17.0. The minimum Gasteiger partial charge on any atom is -0.480 e. The van der Waals surface area contributed by atoms with E-state index in [0.717, 1.165) is 36.1 Å². The zero-order valence-electron chi connectivity index (χ0n) is 60.8. The molecule has 1 saturated heterocycles. The summed E-state index contributed by atoms with van der Waals surface area (Å²) in [6, 6.07) is 12.1. The average molecular weight is 1370 g/mol. The predicted molar refractivity (Wildman–Crippen MR) is 372 cm³/mol. The molecular formula is C73H113N9O16. The predicted octanol–water partition coefficient (Wildman–Crippen LogP) is 8.20. The number of likely N-dealkylation sites (tertiary alicyclic amines) is 1. The average Bonchev–Trinajstić information content (AvgIpc) is 1.36. The Bertz CT molecular complexity index is 2970. The van der Waals surface area contributed by atoms with Crippen molar-refractivity contribution in [2.24, 2.45) is 47.2 Å². The number of primary amides is 1. The number of methoxy groups -OCH3 is 2. The van der Waals surface area contributed by atoms with Crippen LogP contribution in [0.25, 0.3) is 0 Å². The third kappa shape index (κ3) is 25.7. The fourth-order valence-electron chi connectivity index (χ4n) is 13.2. The Morgan fingerprint density at radius 1 is 0.704 bits per heavy atom. The van der Waals surface area contributed by atoms with Gasteiger partial charge in [-0.1, -0.05) is 125 Å². The summed E-state index contributed by atoms with van der Waals surface area (Å²) in [4.78, 5) is 161. The molecule has 546 valence electrons. The number of nitrogens with one attached hydrogen (secondary N) is 3. The van der Waals surface area contributed by atoms with Crippen LogP contribution < -0.4 is 21.7 Å². The summed E-state index contributed by atoms with van der Waals surface area (Å²) in [7, 11) is 8.05. The molecule has 0 aromatic heterocycles. The lowest BCUT2D eigenvalue weighted by Gasteiger charge is -2.40. The van der Waals surface area contributed by atoms with E-state index in [0.29, 0.717) is 43.5 Å². The number of carbonyl (C=O) groups excluding carboxylic acids is 11. The van der Waals surface area contributed by atoms with Crippen LogP contribution in [0.3, 0.4) is 0 Å². The number of anilines is 1. The molecule has 0 aliphatic carbocycles. The van der Waals surface area contributed by atoms with Gasteiger partial charge >= 0.3 is 18.1 Å². The van der Waals surface area contributed by atoms with Crippen LogP contribution in [-0.2, 0) is 75.2 Å². The maximum absolute atomic E-state index is 14.1. The minimum absolute atomic E-state index is 0.0420. The number of ether oxygens (including phenoxy) is 3. The lowest BCUT2D eigenvalue weighted by Crippen LogP contribution is -2.52. The number of likely N-dealkylation sites (N-methyl/N-ethyl adjacent to an activating group) is 3. The number of urea groups is 1. The summed E-state index contributed by atoms with van der Waals surface area (Å²) in [5.41, 5.74) is 7.10. The van der Waals surface area contributed by atoms with Crippen molar-refractivity contribution >= 4 is 76.7 Å². The van der Waals surface area contributed by atoms with Gasteiger partial charge in [0.2, 0.25) is 29.5 Å². The maximum atomic E-state index is 14.1. The molecule has 0 saturated carbocycles. The highest BCUT2D eigenvalue weighted by molar-refractivity contribution is 6.12. The molecule has 2 aliphatic heterocycles. The number of imide groups is 1. The topological polar surface area (TPSA) is 331 Å². The van der Waals surface area contributed by atoms with Gasteiger partial charge in [0.15, 0.2) is 11.6 Å². The molecule has 2 aliphatic rings. The molecular weight excluding hydrogens is 1260 g/mol. The van der Waals surface area contributed by atoms with Crippen LogP contribution >= 0.6 is 0 Å². The molecule has 0 bridgehead atoms. The molecule has 0 spiro atoms. The van der Waals surface area contributed by atoms with Crippen LogP contribution in [-0.4, -0.2) is 198 Å². The quantitative estimate of drug-likeness (QED) is 0.0310. The van der Waals surface area contributed by atoms with Crippen LogP contribution in [0.1, 0.15) is 164 Å². The van der Waals surface area contributed by atoms with E-state index in [1.54, 1.807) is 62.2 Å². The zero-order chi connectivity index (χ0) is 73.7. The Kier molecular flexibility index (Phi) is 36.1. The summed E-state index contributed by atoms with van der Waals surface area (Å²) >= 11 is 0. The number of carboxylic acids is 1. The van der Waals surface area contributed by atoms with Crippen molar-refractivity contribution in [3.63, 3.8) is 0 Å². The number of benzene rings is 2. The van der Waals surface area contributed by atoms with E-state index in [9.17, 15) is 62.6 Å². The number of ketones is 2. The number of amides is 10. The van der Waals surface area contributed by atoms with E-state index < -0.39 is 66.0 Å². The largest absolute Gasteiger partial charge is 0.480 e. The second kappa shape index (κ2) is 42.0. The molecule has 2 heterocycles. The zero-order valence-corrected chi connectivity index (χ0v) is 60.8. The van der Waals surface area contributed by atoms with Gasteiger partial charge in [-0.05, 0) is 91.9 Å². The first kappa shape index (κ1) is 84.2. The molecule has 1 fully saturated rings. The van der Waals surface area contributed by atoms with Crippen LogP contribution in [0.2, 0.25) is 0 Å². The van der Waals surface area contributed by atoms with E-state index in [1.807, 2.05) is 78.8 Å². The molecule has 0 unspecified atom stereocenters.